The summed E-state index contributed by atoms with van der Waals surface area (Å²) in [4.78, 5) is 12.3. The van der Waals surface area contributed by atoms with Crippen LogP contribution in [0.15, 0.2) is 45.8 Å². The van der Waals surface area contributed by atoms with Crippen LogP contribution in [-0.2, 0) is 23.1 Å². The van der Waals surface area contributed by atoms with Gasteiger partial charge in [0.1, 0.15) is 5.69 Å². The number of benzene rings is 2. The van der Waals surface area contributed by atoms with Crippen molar-refractivity contribution in [1.29, 1.82) is 0 Å². The topological polar surface area (TPSA) is 107 Å². The molecule has 9 heteroatoms. The Morgan fingerprint density at radius 2 is 1.83 bits per heavy atom. The van der Waals surface area contributed by atoms with Crippen molar-refractivity contribution in [1.82, 2.24) is 0 Å². The summed E-state index contributed by atoms with van der Waals surface area (Å²) >= 11 is 3.40. The molecule has 0 saturated heterocycles. The molecule has 2 aromatic rings. The molecule has 0 fully saturated rings. The van der Waals surface area contributed by atoms with Crippen LogP contribution in [0.25, 0.3) is 0 Å². The minimum atomic E-state index is -3.99. The molecule has 1 heterocycles. The first-order valence-electron chi connectivity index (χ1n) is 6.59. The summed E-state index contributed by atoms with van der Waals surface area (Å²) in [6.07, 6.45) is 0. The van der Waals surface area contributed by atoms with E-state index in [0.717, 1.165) is 21.7 Å². The average molecular weight is 398 g/mol. The number of halogens is 1. The van der Waals surface area contributed by atoms with Gasteiger partial charge in [-0.2, -0.15) is 0 Å². The van der Waals surface area contributed by atoms with Crippen LogP contribution in [-0.4, -0.2) is 13.3 Å². The molecule has 7 nitrogen and oxygen atoms in total. The van der Waals surface area contributed by atoms with Crippen LogP contribution < -0.4 is 10.0 Å². The van der Waals surface area contributed by atoms with Crippen molar-refractivity contribution < 1.29 is 13.3 Å². The van der Waals surface area contributed by atoms with E-state index in [-0.39, 0.29) is 10.6 Å². The first kappa shape index (κ1) is 15.9. The van der Waals surface area contributed by atoms with Crippen LogP contribution in [0.1, 0.15) is 11.1 Å². The zero-order chi connectivity index (χ0) is 16.8. The van der Waals surface area contributed by atoms with Gasteiger partial charge in [-0.1, -0.05) is 22.0 Å². The number of fused-ring (bicyclic) bond motifs is 1. The lowest BCUT2D eigenvalue weighted by Gasteiger charge is -2.18. The van der Waals surface area contributed by atoms with Crippen LogP contribution in [0.2, 0.25) is 0 Å². The summed E-state index contributed by atoms with van der Waals surface area (Å²) in [5.74, 6) is 0. The van der Waals surface area contributed by atoms with Crippen LogP contribution in [0, 0.1) is 10.1 Å². The molecular formula is C14H12BrN3O4S. The minimum absolute atomic E-state index is 0.271. The fourth-order valence-electron chi connectivity index (χ4n) is 2.63. The van der Waals surface area contributed by atoms with E-state index >= 15 is 0 Å². The number of rotatable bonds is 3. The highest BCUT2D eigenvalue weighted by atomic mass is 79.9. The second-order valence-electron chi connectivity index (χ2n) is 5.22. The number of nitrogens with zero attached hydrogens (tertiary/aromatic N) is 2. The minimum Gasteiger partial charge on any atom is -0.357 e. The fraction of sp³-hybridized carbons (Fsp3) is 0.143. The lowest BCUT2D eigenvalue weighted by Crippen LogP contribution is -2.17. The average Bonchev–Trinajstić information content (AvgIpc) is 2.88. The van der Waals surface area contributed by atoms with E-state index in [4.69, 9.17) is 5.14 Å². The van der Waals surface area contributed by atoms with E-state index < -0.39 is 14.9 Å². The number of primary sulfonamides is 1. The van der Waals surface area contributed by atoms with Crippen LogP contribution in [0.4, 0.5) is 11.4 Å². The normalized spacial score (nSPS) is 13.9. The maximum absolute atomic E-state index is 11.4. The summed E-state index contributed by atoms with van der Waals surface area (Å²) < 4.78 is 23.7. The van der Waals surface area contributed by atoms with Gasteiger partial charge in [-0.05, 0) is 35.4 Å². The Kier molecular flexibility index (Phi) is 3.86. The first-order valence-corrected chi connectivity index (χ1v) is 8.93. The van der Waals surface area contributed by atoms with Crippen molar-refractivity contribution in [2.24, 2.45) is 5.14 Å². The smallest absolute Gasteiger partial charge is 0.293 e. The number of nitrogens with two attached hydrogens (primary N) is 1. The quantitative estimate of drug-likeness (QED) is 0.632. The molecule has 0 aliphatic carbocycles. The number of nitro groups is 1. The molecule has 0 saturated carbocycles. The molecule has 1 aliphatic heterocycles. The van der Waals surface area contributed by atoms with Gasteiger partial charge in [-0.3, -0.25) is 10.1 Å². The maximum Gasteiger partial charge on any atom is 0.293 e. The van der Waals surface area contributed by atoms with Gasteiger partial charge in [0.05, 0.1) is 9.82 Å². The molecule has 3 rings (SSSR count). The van der Waals surface area contributed by atoms with Crippen molar-refractivity contribution in [2.45, 2.75) is 18.0 Å². The zero-order valence-electron chi connectivity index (χ0n) is 11.8. The number of anilines is 1. The second-order valence-corrected chi connectivity index (χ2v) is 7.70. The van der Waals surface area contributed by atoms with Gasteiger partial charge in [-0.15, -0.1) is 0 Å². The molecule has 23 heavy (non-hydrogen) atoms. The molecule has 0 radical (unpaired) electrons. The van der Waals surface area contributed by atoms with E-state index in [1.807, 2.05) is 23.1 Å². The van der Waals surface area contributed by atoms with Crippen LogP contribution in [0.3, 0.4) is 0 Å². The number of hydrogen-bond acceptors (Lipinski definition) is 5. The zero-order valence-corrected chi connectivity index (χ0v) is 14.2. The Labute approximate surface area is 141 Å². The lowest BCUT2D eigenvalue weighted by molar-refractivity contribution is -0.384. The summed E-state index contributed by atoms with van der Waals surface area (Å²) in [5, 5.41) is 16.4. The third-order valence-corrected chi connectivity index (χ3v) is 5.11. The van der Waals surface area contributed by atoms with Crippen molar-refractivity contribution in [3.8, 4) is 0 Å². The third-order valence-electron chi connectivity index (χ3n) is 3.70. The van der Waals surface area contributed by atoms with E-state index in [0.29, 0.717) is 18.8 Å². The SMILES string of the molecule is NS(=O)(=O)c1ccc(N2Cc3ccc(Br)cc3C2)c([N+](=O)[O-])c1. The Morgan fingerprint density at radius 3 is 2.48 bits per heavy atom. The largest absolute Gasteiger partial charge is 0.357 e. The molecular weight excluding hydrogens is 386 g/mol. The summed E-state index contributed by atoms with van der Waals surface area (Å²) in [6.45, 7) is 1.04. The standard InChI is InChI=1S/C14H12BrN3O4S/c15-11-2-1-9-7-17(8-10(9)5-11)13-4-3-12(23(16,21)22)6-14(13)18(19)20/h1-6H,7-8H2,(H2,16,21,22). The predicted molar refractivity (Wildman–Crippen MR) is 88.5 cm³/mol. The van der Waals surface area contributed by atoms with Crippen LogP contribution >= 0.6 is 15.9 Å². The predicted octanol–water partition coefficient (Wildman–Crippen LogP) is 2.52. The molecule has 120 valence electrons. The summed E-state index contributed by atoms with van der Waals surface area (Å²) in [5.41, 5.74) is 2.25. The van der Waals surface area contributed by atoms with Gasteiger partial charge in [-0.25, -0.2) is 13.6 Å². The van der Waals surface area contributed by atoms with E-state index in [1.54, 1.807) is 0 Å². The molecule has 0 bridgehead atoms. The van der Waals surface area contributed by atoms with Crippen LogP contribution in [0.5, 0.6) is 0 Å². The second kappa shape index (κ2) is 5.59. The Bertz CT molecular complexity index is 914. The first-order chi connectivity index (χ1) is 10.8. The van der Waals surface area contributed by atoms with Crippen molar-refractivity contribution in [2.75, 3.05) is 4.90 Å². The molecule has 0 amide bonds. The molecule has 2 N–H and O–H groups in total. The molecule has 0 atom stereocenters. The molecule has 2 aromatic carbocycles. The molecule has 0 unspecified atom stereocenters. The molecule has 0 aromatic heterocycles. The van der Waals surface area contributed by atoms with E-state index in [9.17, 15) is 18.5 Å². The summed E-state index contributed by atoms with van der Waals surface area (Å²) in [6, 6.07) is 9.57. The van der Waals surface area contributed by atoms with Gasteiger partial charge in [0, 0.05) is 23.6 Å². The highest BCUT2D eigenvalue weighted by molar-refractivity contribution is 9.10. The third kappa shape index (κ3) is 3.07. The van der Waals surface area contributed by atoms with Gasteiger partial charge >= 0.3 is 0 Å². The van der Waals surface area contributed by atoms with E-state index in [2.05, 4.69) is 15.9 Å². The fourth-order valence-corrected chi connectivity index (χ4v) is 3.57. The van der Waals surface area contributed by atoms with Crippen molar-refractivity contribution >= 4 is 37.3 Å². The number of sulfonamides is 1. The number of nitro benzene ring substituents is 1. The number of hydrogen-bond donors (Lipinski definition) is 1. The van der Waals surface area contributed by atoms with Gasteiger partial charge in [0.25, 0.3) is 5.69 Å². The Hall–Kier alpha value is -1.97. The van der Waals surface area contributed by atoms with Gasteiger partial charge in [0.15, 0.2) is 0 Å². The highest BCUT2D eigenvalue weighted by Gasteiger charge is 2.27. The highest BCUT2D eigenvalue weighted by Crippen LogP contribution is 2.36. The lowest BCUT2D eigenvalue weighted by atomic mass is 10.1. The summed E-state index contributed by atoms with van der Waals surface area (Å²) in [7, 11) is -3.99. The Morgan fingerprint density at radius 1 is 1.13 bits per heavy atom. The van der Waals surface area contributed by atoms with Gasteiger partial charge < -0.3 is 4.90 Å². The molecule has 0 spiro atoms. The maximum atomic E-state index is 11.4. The monoisotopic (exact) mass is 397 g/mol. The van der Waals surface area contributed by atoms with Crippen molar-refractivity contribution in [3.63, 3.8) is 0 Å². The molecule has 1 aliphatic rings. The van der Waals surface area contributed by atoms with Crippen molar-refractivity contribution in [3.05, 3.63) is 62.1 Å². The Balaban J connectivity index is 2.03. The van der Waals surface area contributed by atoms with Gasteiger partial charge in [0.2, 0.25) is 10.0 Å². The van der Waals surface area contributed by atoms with E-state index in [1.165, 1.54) is 12.1 Å².